The highest BCUT2D eigenvalue weighted by molar-refractivity contribution is 5.76. The molecule has 3 rings (SSSR count). The molecule has 1 N–H and O–H groups in total. The van der Waals surface area contributed by atoms with Crippen molar-refractivity contribution in [2.24, 2.45) is 0 Å². The fraction of sp³-hybridized carbons (Fsp3) is 0.400. The maximum atomic E-state index is 11.6. The van der Waals surface area contributed by atoms with Crippen molar-refractivity contribution in [1.29, 1.82) is 0 Å². The number of carbonyl (C=O) groups excluding carboxylic acids is 1. The van der Waals surface area contributed by atoms with Gasteiger partial charge in [0.05, 0.1) is 0 Å². The molecule has 0 radical (unpaired) electrons. The van der Waals surface area contributed by atoms with E-state index in [4.69, 9.17) is 4.52 Å². The van der Waals surface area contributed by atoms with E-state index in [0.717, 1.165) is 24.0 Å². The Balaban J connectivity index is 1.60. The first-order chi connectivity index (χ1) is 9.70. The fourth-order valence-corrected chi connectivity index (χ4v) is 2.01. The van der Waals surface area contributed by atoms with Crippen LogP contribution in [0.2, 0.25) is 0 Å². The minimum Gasteiger partial charge on any atom is -0.353 e. The van der Waals surface area contributed by atoms with Gasteiger partial charge in [-0.1, -0.05) is 28.9 Å². The summed E-state index contributed by atoms with van der Waals surface area (Å²) in [4.78, 5) is 15.9. The molecule has 0 unspecified atom stereocenters. The van der Waals surface area contributed by atoms with Crippen molar-refractivity contribution >= 4 is 5.91 Å². The van der Waals surface area contributed by atoms with Crippen LogP contribution in [0, 0.1) is 6.92 Å². The van der Waals surface area contributed by atoms with Gasteiger partial charge in [0.15, 0.2) is 0 Å². The molecule has 1 aromatic carbocycles. The van der Waals surface area contributed by atoms with Gasteiger partial charge in [-0.2, -0.15) is 4.98 Å². The normalized spacial score (nSPS) is 14.2. The van der Waals surface area contributed by atoms with E-state index >= 15 is 0 Å². The zero-order valence-electron chi connectivity index (χ0n) is 11.4. The molecule has 0 spiro atoms. The Kier molecular flexibility index (Phi) is 3.50. The predicted molar refractivity (Wildman–Crippen MR) is 74.0 cm³/mol. The molecular weight excluding hydrogens is 254 g/mol. The molecule has 5 nitrogen and oxygen atoms in total. The van der Waals surface area contributed by atoms with Crippen LogP contribution in [-0.4, -0.2) is 22.1 Å². The molecular formula is C15H17N3O2. The molecule has 1 aliphatic rings. The van der Waals surface area contributed by atoms with Crippen LogP contribution >= 0.6 is 0 Å². The topological polar surface area (TPSA) is 68.0 Å². The number of hydrogen-bond acceptors (Lipinski definition) is 4. The van der Waals surface area contributed by atoms with Crippen molar-refractivity contribution in [2.75, 3.05) is 0 Å². The van der Waals surface area contributed by atoms with Crippen LogP contribution in [-0.2, 0) is 11.2 Å². The third-order valence-corrected chi connectivity index (χ3v) is 3.25. The van der Waals surface area contributed by atoms with Gasteiger partial charge in [0.25, 0.3) is 0 Å². The van der Waals surface area contributed by atoms with Crippen molar-refractivity contribution in [3.63, 3.8) is 0 Å². The van der Waals surface area contributed by atoms with Crippen LogP contribution in [0.15, 0.2) is 28.8 Å². The number of hydrogen-bond donors (Lipinski definition) is 1. The van der Waals surface area contributed by atoms with Crippen LogP contribution < -0.4 is 5.32 Å². The molecule has 1 heterocycles. The SMILES string of the molecule is Cc1cccc(-c2noc(CCC(=O)NC3CC3)n2)c1. The van der Waals surface area contributed by atoms with E-state index in [9.17, 15) is 4.79 Å². The van der Waals surface area contributed by atoms with E-state index in [1.54, 1.807) is 0 Å². The Bertz CT molecular complexity index is 617. The van der Waals surface area contributed by atoms with Gasteiger partial charge in [-0.15, -0.1) is 0 Å². The van der Waals surface area contributed by atoms with Crippen LogP contribution in [0.25, 0.3) is 11.4 Å². The third kappa shape index (κ3) is 3.23. The highest BCUT2D eigenvalue weighted by Crippen LogP contribution is 2.19. The molecule has 0 saturated heterocycles. The molecule has 1 aliphatic carbocycles. The second kappa shape index (κ2) is 5.45. The quantitative estimate of drug-likeness (QED) is 0.905. The van der Waals surface area contributed by atoms with Crippen molar-refractivity contribution in [3.8, 4) is 11.4 Å². The lowest BCUT2D eigenvalue weighted by Gasteiger charge is -1.99. The van der Waals surface area contributed by atoms with E-state index in [-0.39, 0.29) is 5.91 Å². The molecule has 2 aromatic rings. The summed E-state index contributed by atoms with van der Waals surface area (Å²) in [6.45, 7) is 2.02. The van der Waals surface area contributed by atoms with Gasteiger partial charge in [-0.05, 0) is 25.8 Å². The number of amides is 1. The maximum Gasteiger partial charge on any atom is 0.227 e. The minimum absolute atomic E-state index is 0.0582. The lowest BCUT2D eigenvalue weighted by Crippen LogP contribution is -2.25. The van der Waals surface area contributed by atoms with Gasteiger partial charge in [0.1, 0.15) is 0 Å². The summed E-state index contributed by atoms with van der Waals surface area (Å²) < 4.78 is 5.19. The Morgan fingerprint density at radius 3 is 3.05 bits per heavy atom. The summed E-state index contributed by atoms with van der Waals surface area (Å²) >= 11 is 0. The number of carbonyl (C=O) groups is 1. The smallest absolute Gasteiger partial charge is 0.227 e. The van der Waals surface area contributed by atoms with Crippen LogP contribution in [0.4, 0.5) is 0 Å². The molecule has 5 heteroatoms. The van der Waals surface area contributed by atoms with Gasteiger partial charge >= 0.3 is 0 Å². The van der Waals surface area contributed by atoms with Gasteiger partial charge in [0, 0.05) is 24.4 Å². The number of nitrogens with zero attached hydrogens (tertiary/aromatic N) is 2. The molecule has 0 atom stereocenters. The lowest BCUT2D eigenvalue weighted by atomic mass is 10.1. The molecule has 0 bridgehead atoms. The zero-order chi connectivity index (χ0) is 13.9. The Labute approximate surface area is 117 Å². The van der Waals surface area contributed by atoms with Crippen molar-refractivity contribution < 1.29 is 9.32 Å². The molecule has 1 aromatic heterocycles. The summed E-state index contributed by atoms with van der Waals surface area (Å²) in [7, 11) is 0. The largest absolute Gasteiger partial charge is 0.353 e. The number of aromatic nitrogens is 2. The van der Waals surface area contributed by atoms with E-state index < -0.39 is 0 Å². The second-order valence-electron chi connectivity index (χ2n) is 5.22. The average molecular weight is 271 g/mol. The van der Waals surface area contributed by atoms with Crippen molar-refractivity contribution in [1.82, 2.24) is 15.5 Å². The average Bonchev–Trinajstić information content (AvgIpc) is 3.11. The van der Waals surface area contributed by atoms with E-state index in [1.807, 2.05) is 31.2 Å². The lowest BCUT2D eigenvalue weighted by molar-refractivity contribution is -0.121. The molecule has 1 amide bonds. The van der Waals surface area contributed by atoms with Crippen LogP contribution in [0.3, 0.4) is 0 Å². The Morgan fingerprint density at radius 2 is 2.30 bits per heavy atom. The summed E-state index contributed by atoms with van der Waals surface area (Å²) in [5.74, 6) is 1.14. The maximum absolute atomic E-state index is 11.6. The minimum atomic E-state index is 0.0582. The second-order valence-corrected chi connectivity index (χ2v) is 5.22. The first-order valence-corrected chi connectivity index (χ1v) is 6.90. The summed E-state index contributed by atoms with van der Waals surface area (Å²) in [6.07, 6.45) is 3.08. The fourth-order valence-electron chi connectivity index (χ4n) is 2.01. The molecule has 20 heavy (non-hydrogen) atoms. The van der Waals surface area contributed by atoms with Gasteiger partial charge in [-0.3, -0.25) is 4.79 Å². The van der Waals surface area contributed by atoms with Crippen molar-refractivity contribution in [3.05, 3.63) is 35.7 Å². The number of benzene rings is 1. The van der Waals surface area contributed by atoms with E-state index in [1.165, 1.54) is 0 Å². The van der Waals surface area contributed by atoms with Gasteiger partial charge < -0.3 is 9.84 Å². The van der Waals surface area contributed by atoms with Crippen LogP contribution in [0.5, 0.6) is 0 Å². The zero-order valence-corrected chi connectivity index (χ0v) is 11.4. The van der Waals surface area contributed by atoms with E-state index in [0.29, 0.717) is 30.6 Å². The first-order valence-electron chi connectivity index (χ1n) is 6.90. The highest BCUT2D eigenvalue weighted by Gasteiger charge is 2.23. The molecule has 0 aliphatic heterocycles. The number of aryl methyl sites for hydroxylation is 2. The predicted octanol–water partition coefficient (Wildman–Crippen LogP) is 2.26. The number of rotatable bonds is 5. The Morgan fingerprint density at radius 1 is 1.45 bits per heavy atom. The standard InChI is InChI=1S/C15H17N3O2/c1-10-3-2-4-11(9-10)15-17-14(20-18-15)8-7-13(19)16-12-5-6-12/h2-4,9,12H,5-8H2,1H3,(H,16,19). The van der Waals surface area contributed by atoms with Crippen LogP contribution in [0.1, 0.15) is 30.7 Å². The first kappa shape index (κ1) is 12.8. The monoisotopic (exact) mass is 271 g/mol. The number of nitrogens with one attached hydrogen (secondary N) is 1. The molecule has 104 valence electrons. The Hall–Kier alpha value is -2.17. The van der Waals surface area contributed by atoms with E-state index in [2.05, 4.69) is 15.5 Å². The summed E-state index contributed by atoms with van der Waals surface area (Å²) in [5, 5.41) is 6.90. The molecule has 1 fully saturated rings. The molecule has 1 saturated carbocycles. The van der Waals surface area contributed by atoms with Crippen molar-refractivity contribution in [2.45, 2.75) is 38.6 Å². The summed E-state index contributed by atoms with van der Waals surface area (Å²) in [5.41, 5.74) is 2.08. The highest BCUT2D eigenvalue weighted by atomic mass is 16.5. The summed E-state index contributed by atoms with van der Waals surface area (Å²) in [6, 6.07) is 8.33. The van der Waals surface area contributed by atoms with Gasteiger partial charge in [0.2, 0.25) is 17.6 Å². The van der Waals surface area contributed by atoms with Gasteiger partial charge in [-0.25, -0.2) is 0 Å². The third-order valence-electron chi connectivity index (χ3n) is 3.25.